The Morgan fingerprint density at radius 2 is 1.79 bits per heavy atom. The van der Waals surface area contributed by atoms with Gasteiger partial charge in [0.15, 0.2) is 12.6 Å². The maximum atomic E-state index is 9.88. The van der Waals surface area contributed by atoms with Crippen LogP contribution in [0.3, 0.4) is 0 Å². The molecule has 0 atom stereocenters. The van der Waals surface area contributed by atoms with Crippen LogP contribution in [0.15, 0.2) is 17.5 Å². The van der Waals surface area contributed by atoms with Gasteiger partial charge in [-0.15, -0.1) is 11.3 Å². The lowest BCUT2D eigenvalue weighted by Gasteiger charge is -2.09. The quantitative estimate of drug-likeness (QED) is 0.619. The fourth-order valence-corrected chi connectivity index (χ4v) is 1.40. The predicted octanol–water partition coefficient (Wildman–Crippen LogP) is 1.94. The first kappa shape index (κ1) is 20.5. The second-order valence-corrected chi connectivity index (χ2v) is 4.04. The zero-order valence-electron chi connectivity index (χ0n) is 11.7. The highest BCUT2D eigenvalue weighted by Crippen LogP contribution is 2.03. The van der Waals surface area contributed by atoms with Gasteiger partial charge in [0.05, 0.1) is 18.1 Å². The summed E-state index contributed by atoms with van der Waals surface area (Å²) in [6, 6.07) is 3.64. The SMILES string of the molecule is CCOC(C)OCC.O=Cc1cccs1.OCCO. The van der Waals surface area contributed by atoms with Crippen LogP contribution in [-0.4, -0.2) is 49.2 Å². The molecular weight excluding hydrogens is 268 g/mol. The molecule has 19 heavy (non-hydrogen) atoms. The van der Waals surface area contributed by atoms with Gasteiger partial charge in [-0.05, 0) is 32.2 Å². The largest absolute Gasteiger partial charge is 0.394 e. The lowest BCUT2D eigenvalue weighted by Crippen LogP contribution is -2.11. The number of rotatable bonds is 6. The fourth-order valence-electron chi connectivity index (χ4n) is 0.876. The molecular formula is C13H24O5S. The molecule has 6 heteroatoms. The Morgan fingerprint density at radius 1 is 1.26 bits per heavy atom. The number of aldehydes is 1. The van der Waals surface area contributed by atoms with Crippen LogP contribution in [0.2, 0.25) is 0 Å². The van der Waals surface area contributed by atoms with Crippen molar-refractivity contribution in [2.45, 2.75) is 27.1 Å². The average Bonchev–Trinajstić information content (AvgIpc) is 2.93. The van der Waals surface area contributed by atoms with Gasteiger partial charge in [0.25, 0.3) is 0 Å². The van der Waals surface area contributed by atoms with Gasteiger partial charge < -0.3 is 19.7 Å². The van der Waals surface area contributed by atoms with Crippen LogP contribution in [0, 0.1) is 0 Å². The lowest BCUT2D eigenvalue weighted by molar-refractivity contribution is -0.123. The molecule has 1 aromatic heterocycles. The lowest BCUT2D eigenvalue weighted by atomic mass is 10.5. The van der Waals surface area contributed by atoms with E-state index in [1.807, 2.05) is 32.2 Å². The van der Waals surface area contributed by atoms with E-state index < -0.39 is 0 Å². The van der Waals surface area contributed by atoms with Crippen molar-refractivity contribution in [3.63, 3.8) is 0 Å². The van der Waals surface area contributed by atoms with E-state index in [-0.39, 0.29) is 19.5 Å². The van der Waals surface area contributed by atoms with Crippen LogP contribution in [-0.2, 0) is 9.47 Å². The van der Waals surface area contributed by atoms with E-state index in [0.717, 1.165) is 24.4 Å². The first-order valence-corrected chi connectivity index (χ1v) is 6.97. The summed E-state index contributed by atoms with van der Waals surface area (Å²) in [5.74, 6) is 0. The number of carbonyl (C=O) groups excluding carboxylic acids is 1. The summed E-state index contributed by atoms with van der Waals surface area (Å²) in [6.45, 7) is 7.00. The van der Waals surface area contributed by atoms with Crippen molar-refractivity contribution in [1.82, 2.24) is 0 Å². The van der Waals surface area contributed by atoms with Crippen molar-refractivity contribution < 1.29 is 24.5 Å². The predicted molar refractivity (Wildman–Crippen MR) is 76.6 cm³/mol. The summed E-state index contributed by atoms with van der Waals surface area (Å²) in [4.78, 5) is 10.7. The molecule has 1 aromatic rings. The first-order valence-electron chi connectivity index (χ1n) is 6.09. The van der Waals surface area contributed by atoms with Crippen molar-refractivity contribution in [3.05, 3.63) is 22.4 Å². The summed E-state index contributed by atoms with van der Waals surface area (Å²) in [6.07, 6.45) is 0.815. The van der Waals surface area contributed by atoms with E-state index in [4.69, 9.17) is 19.7 Å². The second kappa shape index (κ2) is 17.2. The van der Waals surface area contributed by atoms with Gasteiger partial charge in [0.1, 0.15) is 0 Å². The molecule has 0 unspecified atom stereocenters. The summed E-state index contributed by atoms with van der Waals surface area (Å²) >= 11 is 1.45. The molecule has 0 amide bonds. The Labute approximate surface area is 118 Å². The van der Waals surface area contributed by atoms with Crippen molar-refractivity contribution >= 4 is 17.6 Å². The number of hydrogen-bond acceptors (Lipinski definition) is 6. The molecule has 2 N–H and O–H groups in total. The minimum Gasteiger partial charge on any atom is -0.394 e. The molecule has 1 heterocycles. The molecule has 0 aliphatic carbocycles. The Balaban J connectivity index is 0. The van der Waals surface area contributed by atoms with Crippen molar-refractivity contribution in [1.29, 1.82) is 0 Å². The zero-order chi connectivity index (χ0) is 14.9. The van der Waals surface area contributed by atoms with E-state index in [0.29, 0.717) is 0 Å². The second-order valence-electron chi connectivity index (χ2n) is 3.06. The highest BCUT2D eigenvalue weighted by Gasteiger charge is 1.94. The Bertz CT molecular complexity index is 256. The van der Waals surface area contributed by atoms with Crippen molar-refractivity contribution in [2.75, 3.05) is 26.4 Å². The number of ether oxygens (including phenoxy) is 2. The van der Waals surface area contributed by atoms with Crippen molar-refractivity contribution in [2.24, 2.45) is 0 Å². The van der Waals surface area contributed by atoms with Gasteiger partial charge in [0.2, 0.25) is 0 Å². The monoisotopic (exact) mass is 292 g/mol. The number of thiophene rings is 1. The Morgan fingerprint density at radius 3 is 2.00 bits per heavy atom. The van der Waals surface area contributed by atoms with Gasteiger partial charge in [-0.25, -0.2) is 0 Å². The van der Waals surface area contributed by atoms with E-state index in [9.17, 15) is 4.79 Å². The fraction of sp³-hybridized carbons (Fsp3) is 0.615. The Hall–Kier alpha value is -0.790. The summed E-state index contributed by atoms with van der Waals surface area (Å²) in [7, 11) is 0. The maximum Gasteiger partial charge on any atom is 0.159 e. The molecule has 112 valence electrons. The third kappa shape index (κ3) is 17.2. The Kier molecular flexibility index (Phi) is 18.6. The summed E-state index contributed by atoms with van der Waals surface area (Å²) < 4.78 is 10.1. The molecule has 0 aromatic carbocycles. The third-order valence-corrected chi connectivity index (χ3v) is 2.36. The number of aliphatic hydroxyl groups excluding tert-OH is 2. The molecule has 0 bridgehead atoms. The zero-order valence-corrected chi connectivity index (χ0v) is 12.6. The molecule has 0 saturated heterocycles. The number of hydrogen-bond donors (Lipinski definition) is 2. The van der Waals surface area contributed by atoms with E-state index in [1.54, 1.807) is 6.07 Å². The smallest absolute Gasteiger partial charge is 0.159 e. The van der Waals surface area contributed by atoms with Gasteiger partial charge in [-0.3, -0.25) is 4.79 Å². The molecule has 5 nitrogen and oxygen atoms in total. The van der Waals surface area contributed by atoms with E-state index in [1.165, 1.54) is 11.3 Å². The normalized spacial score (nSPS) is 9.16. The third-order valence-electron chi connectivity index (χ3n) is 1.56. The highest BCUT2D eigenvalue weighted by atomic mass is 32.1. The van der Waals surface area contributed by atoms with Crippen LogP contribution >= 0.6 is 11.3 Å². The molecule has 0 radical (unpaired) electrons. The molecule has 0 aliphatic rings. The molecule has 0 aliphatic heterocycles. The van der Waals surface area contributed by atoms with Gasteiger partial charge in [-0.1, -0.05) is 6.07 Å². The van der Waals surface area contributed by atoms with Crippen LogP contribution in [0.4, 0.5) is 0 Å². The topological polar surface area (TPSA) is 76.0 Å². The molecule has 0 fully saturated rings. The molecule has 0 spiro atoms. The number of carbonyl (C=O) groups is 1. The summed E-state index contributed by atoms with van der Waals surface area (Å²) in [5, 5.41) is 17.1. The minimum atomic E-state index is -0.125. The van der Waals surface area contributed by atoms with E-state index in [2.05, 4.69) is 0 Å². The van der Waals surface area contributed by atoms with Crippen molar-refractivity contribution in [3.8, 4) is 0 Å². The van der Waals surface area contributed by atoms with Crippen LogP contribution in [0.1, 0.15) is 30.4 Å². The van der Waals surface area contributed by atoms with Gasteiger partial charge in [-0.2, -0.15) is 0 Å². The van der Waals surface area contributed by atoms with Crippen LogP contribution < -0.4 is 0 Å². The van der Waals surface area contributed by atoms with Crippen LogP contribution in [0.5, 0.6) is 0 Å². The standard InChI is InChI=1S/C6H14O2.C5H4OS.C2H6O2/c1-4-7-6(3)8-5-2;6-4-5-2-1-3-7-5;3-1-2-4/h6H,4-5H2,1-3H3;1-4H;3-4H,1-2H2. The van der Waals surface area contributed by atoms with Gasteiger partial charge in [0, 0.05) is 13.2 Å². The highest BCUT2D eigenvalue weighted by molar-refractivity contribution is 7.11. The summed E-state index contributed by atoms with van der Waals surface area (Å²) in [5.41, 5.74) is 0. The van der Waals surface area contributed by atoms with Gasteiger partial charge >= 0.3 is 0 Å². The molecule has 0 saturated carbocycles. The molecule has 1 rings (SSSR count). The average molecular weight is 292 g/mol. The minimum absolute atomic E-state index is 0.0370. The van der Waals surface area contributed by atoms with E-state index >= 15 is 0 Å². The first-order chi connectivity index (χ1) is 9.15. The van der Waals surface area contributed by atoms with Crippen LogP contribution in [0.25, 0.3) is 0 Å². The number of aliphatic hydroxyl groups is 2. The maximum absolute atomic E-state index is 9.88.